The number of allylic oxidation sites excluding steroid dienone is 12. The second-order valence-corrected chi connectivity index (χ2v) is 21.9. The number of aliphatic hydroxyl groups excluding tert-OH is 1. The normalized spacial score (nSPS) is 13.8. The van der Waals surface area contributed by atoms with Crippen LogP contribution in [0.25, 0.3) is 0 Å². The van der Waals surface area contributed by atoms with Crippen molar-refractivity contribution >= 4 is 25.7 Å². The molecule has 0 aromatic rings. The number of carbonyl (C=O) groups excluding carboxylic acids is 3. The second-order valence-electron chi connectivity index (χ2n) is 20.5. The van der Waals surface area contributed by atoms with Gasteiger partial charge in [-0.2, -0.15) is 0 Å². The fourth-order valence-corrected chi connectivity index (χ4v) is 9.18. The van der Waals surface area contributed by atoms with Crippen LogP contribution in [0.4, 0.5) is 0 Å². The summed E-state index contributed by atoms with van der Waals surface area (Å²) in [7, 11) is -4.76. The average molecular weight is 1090 g/mol. The molecule has 0 aliphatic heterocycles. The maximum Gasteiger partial charge on any atom is 0.472 e. The number of rotatable bonds is 57. The molecule has 12 heteroatoms. The molecule has 440 valence electrons. The highest BCUT2D eigenvalue weighted by Gasteiger charge is 2.28. The van der Waals surface area contributed by atoms with Crippen molar-refractivity contribution < 1.29 is 52.2 Å². The molecule has 0 spiro atoms. The van der Waals surface area contributed by atoms with E-state index >= 15 is 0 Å². The Morgan fingerprint density at radius 3 is 1.09 bits per heavy atom. The molecule has 0 aliphatic rings. The van der Waals surface area contributed by atoms with Crippen LogP contribution in [0.1, 0.15) is 278 Å². The first-order valence-corrected chi connectivity index (χ1v) is 32.3. The van der Waals surface area contributed by atoms with Crippen LogP contribution >= 0.6 is 7.82 Å². The van der Waals surface area contributed by atoms with E-state index in [1.807, 2.05) is 0 Å². The van der Waals surface area contributed by atoms with Crippen LogP contribution in [-0.2, 0) is 42.2 Å². The van der Waals surface area contributed by atoms with Crippen molar-refractivity contribution in [3.8, 4) is 0 Å². The molecular formula is C64H113O11P. The third-order valence-corrected chi connectivity index (χ3v) is 14.0. The van der Waals surface area contributed by atoms with E-state index in [0.29, 0.717) is 19.3 Å². The number of ether oxygens (including phenoxy) is 3. The molecule has 2 N–H and O–H groups in total. The minimum atomic E-state index is -4.76. The standard InChI is InChI=1S/C64H113O11P/c1-4-7-10-13-16-19-22-25-28-30-33-36-39-42-45-48-51-54-63(67)74-60(56-65)58-72-76(69,70)73-59-61(57-71-62(66)53-50-47-44-41-38-35-32-27-24-21-18-15-12-9-6-3)75-64(68)55-52-49-46-43-40-37-34-31-29-26-23-20-17-14-11-8-5-2/h9,12,18,21,25-29,32,38,41,60-61,65H,4-8,10-11,13-17,19-20,22-24,30-31,33-37,39-40,42-59H2,1-3H3,(H,69,70)/b12-9-,21-18-,28-25-,29-26-,32-27-,41-38-. The van der Waals surface area contributed by atoms with Crippen molar-refractivity contribution in [1.29, 1.82) is 0 Å². The summed E-state index contributed by atoms with van der Waals surface area (Å²) >= 11 is 0. The van der Waals surface area contributed by atoms with Crippen molar-refractivity contribution in [2.24, 2.45) is 0 Å². The number of unbranched alkanes of at least 4 members (excludes halogenated alkanes) is 28. The Hall–Kier alpha value is -3.08. The molecule has 3 unspecified atom stereocenters. The van der Waals surface area contributed by atoms with Gasteiger partial charge in [0.05, 0.1) is 19.8 Å². The van der Waals surface area contributed by atoms with Crippen molar-refractivity contribution in [2.75, 3.05) is 26.4 Å². The molecule has 0 saturated carbocycles. The number of hydrogen-bond acceptors (Lipinski definition) is 10. The molecule has 0 radical (unpaired) electrons. The molecule has 0 amide bonds. The zero-order valence-corrected chi connectivity index (χ0v) is 49.6. The molecule has 0 aromatic carbocycles. The van der Waals surface area contributed by atoms with Gasteiger partial charge in [0.1, 0.15) is 12.7 Å². The molecule has 11 nitrogen and oxygen atoms in total. The zero-order chi connectivity index (χ0) is 55.5. The number of esters is 3. The molecule has 0 fully saturated rings. The Labute approximate surface area is 465 Å². The summed E-state index contributed by atoms with van der Waals surface area (Å²) in [6.45, 7) is 4.50. The summed E-state index contributed by atoms with van der Waals surface area (Å²) in [5, 5.41) is 9.84. The Bertz CT molecular complexity index is 1550. The van der Waals surface area contributed by atoms with E-state index in [9.17, 15) is 28.9 Å². The topological polar surface area (TPSA) is 155 Å². The molecule has 0 aliphatic carbocycles. The lowest BCUT2D eigenvalue weighted by molar-refractivity contribution is -0.161. The molecule has 76 heavy (non-hydrogen) atoms. The van der Waals surface area contributed by atoms with Crippen LogP contribution in [0, 0.1) is 0 Å². The van der Waals surface area contributed by atoms with E-state index in [4.69, 9.17) is 23.3 Å². The highest BCUT2D eigenvalue weighted by atomic mass is 31.2. The molecule has 0 aromatic heterocycles. The molecule has 0 bridgehead atoms. The number of carbonyl (C=O) groups is 3. The molecule has 0 saturated heterocycles. The van der Waals surface area contributed by atoms with E-state index in [1.54, 1.807) is 0 Å². The van der Waals surface area contributed by atoms with Gasteiger partial charge in [-0.25, -0.2) is 4.57 Å². The maximum absolute atomic E-state index is 12.9. The van der Waals surface area contributed by atoms with Crippen LogP contribution in [0.3, 0.4) is 0 Å². The maximum atomic E-state index is 12.9. The fourth-order valence-electron chi connectivity index (χ4n) is 8.40. The molecule has 3 atom stereocenters. The van der Waals surface area contributed by atoms with Gasteiger partial charge in [-0.3, -0.25) is 23.4 Å². The van der Waals surface area contributed by atoms with Gasteiger partial charge in [-0.05, 0) is 109 Å². The fraction of sp³-hybridized carbons (Fsp3) is 0.766. The summed E-state index contributed by atoms with van der Waals surface area (Å²) < 4.78 is 39.6. The molecule has 0 rings (SSSR count). The third-order valence-electron chi connectivity index (χ3n) is 13.1. The van der Waals surface area contributed by atoms with Gasteiger partial charge in [-0.1, -0.05) is 222 Å². The van der Waals surface area contributed by atoms with Crippen LogP contribution in [0.5, 0.6) is 0 Å². The first-order chi connectivity index (χ1) is 37.2. The summed E-state index contributed by atoms with van der Waals surface area (Å²) in [4.78, 5) is 48.6. The van der Waals surface area contributed by atoms with Gasteiger partial charge >= 0.3 is 25.7 Å². The average Bonchev–Trinajstić information content (AvgIpc) is 3.41. The number of phosphoric acid groups is 1. The smallest absolute Gasteiger partial charge is 0.462 e. The van der Waals surface area contributed by atoms with E-state index in [-0.39, 0.29) is 25.9 Å². The highest BCUT2D eigenvalue weighted by molar-refractivity contribution is 7.47. The highest BCUT2D eigenvalue weighted by Crippen LogP contribution is 2.43. The van der Waals surface area contributed by atoms with Crippen molar-refractivity contribution in [2.45, 2.75) is 290 Å². The lowest BCUT2D eigenvalue weighted by atomic mass is 10.1. The quantitative estimate of drug-likeness (QED) is 0.0197. The monoisotopic (exact) mass is 1090 g/mol. The van der Waals surface area contributed by atoms with Gasteiger partial charge < -0.3 is 24.2 Å². The van der Waals surface area contributed by atoms with E-state index in [1.165, 1.54) is 122 Å². The summed E-state index contributed by atoms with van der Waals surface area (Å²) in [5.74, 6) is -1.52. The van der Waals surface area contributed by atoms with Gasteiger partial charge in [0, 0.05) is 19.3 Å². The Balaban J connectivity index is 4.74. The van der Waals surface area contributed by atoms with E-state index in [0.717, 1.165) is 96.3 Å². The van der Waals surface area contributed by atoms with Crippen LogP contribution < -0.4 is 0 Å². The summed E-state index contributed by atoms with van der Waals surface area (Å²) in [6, 6.07) is 0. The second kappa shape index (κ2) is 58.1. The van der Waals surface area contributed by atoms with Gasteiger partial charge in [0.25, 0.3) is 0 Å². The van der Waals surface area contributed by atoms with Gasteiger partial charge in [0.2, 0.25) is 0 Å². The van der Waals surface area contributed by atoms with Crippen molar-refractivity contribution in [1.82, 2.24) is 0 Å². The number of phosphoric ester groups is 1. The van der Waals surface area contributed by atoms with Gasteiger partial charge in [-0.15, -0.1) is 0 Å². The minimum Gasteiger partial charge on any atom is -0.462 e. The SMILES string of the molecule is CC/C=C\C/C=C\C/C=C\C/C=C\CCCCC(=O)OCC(COP(=O)(O)OCC(CO)OC(=O)CCCCCCCCC/C=C\CCCCCCCC)OC(=O)CCCCCCCCC/C=C\CCCCCCCC. The first kappa shape index (κ1) is 72.9. The predicted molar refractivity (Wildman–Crippen MR) is 316 cm³/mol. The third kappa shape index (κ3) is 55.7. The lowest BCUT2D eigenvalue weighted by Crippen LogP contribution is -2.30. The first-order valence-electron chi connectivity index (χ1n) is 30.8. The zero-order valence-electron chi connectivity index (χ0n) is 48.7. The number of aliphatic hydroxyl groups is 1. The summed E-state index contributed by atoms with van der Waals surface area (Å²) in [6.07, 6.45) is 65.7. The number of hydrogen-bond donors (Lipinski definition) is 2. The van der Waals surface area contributed by atoms with Crippen molar-refractivity contribution in [3.63, 3.8) is 0 Å². The van der Waals surface area contributed by atoms with Crippen LogP contribution in [0.2, 0.25) is 0 Å². The molecular weight excluding hydrogens is 976 g/mol. The van der Waals surface area contributed by atoms with Crippen LogP contribution in [0.15, 0.2) is 72.9 Å². The predicted octanol–water partition coefficient (Wildman–Crippen LogP) is 18.5. The Kier molecular flexibility index (Phi) is 55.7. The van der Waals surface area contributed by atoms with Crippen LogP contribution in [-0.4, -0.2) is 66.5 Å². The van der Waals surface area contributed by atoms with E-state index in [2.05, 4.69) is 93.7 Å². The minimum absolute atomic E-state index is 0.152. The molecule has 0 heterocycles. The largest absolute Gasteiger partial charge is 0.472 e. The Morgan fingerprint density at radius 1 is 0.382 bits per heavy atom. The van der Waals surface area contributed by atoms with E-state index < -0.39 is 57.8 Å². The van der Waals surface area contributed by atoms with Gasteiger partial charge in [0.15, 0.2) is 6.10 Å². The Morgan fingerprint density at radius 2 is 0.684 bits per heavy atom. The van der Waals surface area contributed by atoms with Crippen molar-refractivity contribution in [3.05, 3.63) is 72.9 Å². The lowest BCUT2D eigenvalue weighted by Gasteiger charge is -2.21. The summed E-state index contributed by atoms with van der Waals surface area (Å²) in [5.41, 5.74) is 0.